The highest BCUT2D eigenvalue weighted by molar-refractivity contribution is 7.47. The minimum atomic E-state index is -5.01. The monoisotopic (exact) mass is 1490 g/mol. The number of aliphatic hydroxyl groups is 1. The van der Waals surface area contributed by atoms with E-state index in [1.165, 1.54) is 83.5 Å². The van der Waals surface area contributed by atoms with Crippen molar-refractivity contribution in [3.63, 3.8) is 0 Å². The fourth-order valence-electron chi connectivity index (χ4n) is 9.84. The molecule has 0 aliphatic heterocycles. The van der Waals surface area contributed by atoms with Gasteiger partial charge in [0, 0.05) is 25.7 Å². The third-order valence-corrected chi connectivity index (χ3v) is 17.8. The summed E-state index contributed by atoms with van der Waals surface area (Å²) in [5.74, 6) is -2.39. The van der Waals surface area contributed by atoms with E-state index in [1.807, 2.05) is 36.5 Å². The molecular weight excluding hydrogens is 1350 g/mol. The Kier molecular flexibility index (Phi) is 72.0. The van der Waals surface area contributed by atoms with Crippen LogP contribution < -0.4 is 0 Å². The highest BCUT2D eigenvalue weighted by atomic mass is 31.2. The molecule has 17 nitrogen and oxygen atoms in total. The van der Waals surface area contributed by atoms with E-state index in [0.29, 0.717) is 44.9 Å². The molecule has 3 N–H and O–H groups in total. The van der Waals surface area contributed by atoms with Crippen LogP contribution in [0.2, 0.25) is 0 Å². The van der Waals surface area contributed by atoms with Crippen molar-refractivity contribution in [2.75, 3.05) is 39.6 Å². The van der Waals surface area contributed by atoms with Crippen molar-refractivity contribution < 1.29 is 80.2 Å². The number of phosphoric acid groups is 2. The molecule has 0 spiro atoms. The molecule has 5 atom stereocenters. The highest BCUT2D eigenvalue weighted by Gasteiger charge is 2.30. The Morgan fingerprint density at radius 2 is 0.481 bits per heavy atom. The number of carbonyl (C=O) groups excluding carboxylic acids is 4. The lowest BCUT2D eigenvalue weighted by Crippen LogP contribution is -2.30. The van der Waals surface area contributed by atoms with Crippen LogP contribution in [-0.4, -0.2) is 96.7 Å². The predicted molar refractivity (Wildman–Crippen MR) is 427 cm³/mol. The lowest BCUT2D eigenvalue weighted by molar-refractivity contribution is -0.161. The van der Waals surface area contributed by atoms with Gasteiger partial charge in [-0.05, 0) is 167 Å². The normalized spacial score (nSPS) is 14.7. The maximum Gasteiger partial charge on any atom is 0.472 e. The Bertz CT molecular complexity index is 2590. The highest BCUT2D eigenvalue weighted by Crippen LogP contribution is 2.45. The maximum atomic E-state index is 13.1. The molecule has 0 aromatic rings. The van der Waals surface area contributed by atoms with E-state index in [9.17, 15) is 43.2 Å². The molecular formula is C85H140O17P2. The average Bonchev–Trinajstić information content (AvgIpc) is 0.936. The Hall–Kier alpha value is -5.32. The van der Waals surface area contributed by atoms with Gasteiger partial charge in [0.05, 0.1) is 26.4 Å². The lowest BCUT2D eigenvalue weighted by Gasteiger charge is -2.21. The zero-order chi connectivity index (χ0) is 76.0. The van der Waals surface area contributed by atoms with E-state index in [4.69, 9.17) is 37.0 Å². The molecule has 104 heavy (non-hydrogen) atoms. The van der Waals surface area contributed by atoms with Gasteiger partial charge in [-0.25, -0.2) is 9.13 Å². The number of hydrogen-bond donors (Lipinski definition) is 3. The van der Waals surface area contributed by atoms with Crippen LogP contribution in [0.3, 0.4) is 0 Å². The number of unbranched alkanes of at least 4 members (excludes halogenated alkanes) is 21. The summed E-state index contributed by atoms with van der Waals surface area (Å²) >= 11 is 0. The van der Waals surface area contributed by atoms with E-state index in [-0.39, 0.29) is 25.7 Å². The van der Waals surface area contributed by atoms with E-state index >= 15 is 0 Å². The second kappa shape index (κ2) is 75.9. The number of carbonyl (C=O) groups is 4. The van der Waals surface area contributed by atoms with Gasteiger partial charge in [0.1, 0.15) is 19.3 Å². The zero-order valence-electron chi connectivity index (χ0n) is 64.6. The first-order valence-electron chi connectivity index (χ1n) is 39.7. The number of phosphoric ester groups is 2. The van der Waals surface area contributed by atoms with Crippen LogP contribution in [0.4, 0.5) is 0 Å². The molecule has 0 saturated carbocycles. The molecule has 19 heteroatoms. The Balaban J connectivity index is 5.53. The first-order valence-corrected chi connectivity index (χ1v) is 42.7. The van der Waals surface area contributed by atoms with Gasteiger partial charge in [-0.15, -0.1) is 0 Å². The van der Waals surface area contributed by atoms with Crippen LogP contribution in [0.25, 0.3) is 0 Å². The zero-order valence-corrected chi connectivity index (χ0v) is 66.4. The third-order valence-electron chi connectivity index (χ3n) is 15.9. The lowest BCUT2D eigenvalue weighted by atomic mass is 10.1. The molecule has 0 aromatic heterocycles. The van der Waals surface area contributed by atoms with Crippen LogP contribution in [0, 0.1) is 0 Å². The summed E-state index contributed by atoms with van der Waals surface area (Å²) in [5.41, 5.74) is 0. The Morgan fingerprint density at radius 3 is 0.788 bits per heavy atom. The van der Waals surface area contributed by atoms with Crippen LogP contribution >= 0.6 is 15.6 Å². The van der Waals surface area contributed by atoms with Crippen LogP contribution in [0.5, 0.6) is 0 Å². The number of rotatable bonds is 73. The summed E-state index contributed by atoms with van der Waals surface area (Å²) in [6, 6.07) is 0. The van der Waals surface area contributed by atoms with Crippen LogP contribution in [0.1, 0.15) is 297 Å². The fraction of sp³-hybridized carbons (Fsp3) is 0.647. The van der Waals surface area contributed by atoms with Crippen molar-refractivity contribution in [3.8, 4) is 0 Å². The summed E-state index contributed by atoms with van der Waals surface area (Å²) in [5, 5.41) is 10.6. The molecule has 0 saturated heterocycles. The van der Waals surface area contributed by atoms with Gasteiger partial charge in [0.2, 0.25) is 0 Å². The molecule has 592 valence electrons. The quantitative estimate of drug-likeness (QED) is 0.0169. The van der Waals surface area contributed by atoms with Gasteiger partial charge in [-0.1, -0.05) is 263 Å². The van der Waals surface area contributed by atoms with E-state index < -0.39 is 97.5 Å². The summed E-state index contributed by atoms with van der Waals surface area (Å²) in [7, 11) is -10.0. The molecule has 0 radical (unpaired) electrons. The van der Waals surface area contributed by atoms with Gasteiger partial charge >= 0.3 is 39.5 Å². The Morgan fingerprint density at radius 1 is 0.269 bits per heavy atom. The molecule has 0 aliphatic rings. The molecule has 2 unspecified atom stereocenters. The van der Waals surface area contributed by atoms with Crippen LogP contribution in [-0.2, 0) is 65.4 Å². The second-order valence-electron chi connectivity index (χ2n) is 25.9. The first-order chi connectivity index (χ1) is 50.7. The van der Waals surface area contributed by atoms with Crippen molar-refractivity contribution in [2.45, 2.75) is 316 Å². The van der Waals surface area contributed by atoms with Gasteiger partial charge in [0.25, 0.3) is 0 Å². The average molecular weight is 1500 g/mol. The van der Waals surface area contributed by atoms with Gasteiger partial charge < -0.3 is 33.8 Å². The first kappa shape index (κ1) is 98.7. The number of hydrogen-bond acceptors (Lipinski definition) is 15. The largest absolute Gasteiger partial charge is 0.472 e. The van der Waals surface area contributed by atoms with Crippen molar-refractivity contribution in [1.29, 1.82) is 0 Å². The fourth-order valence-corrected chi connectivity index (χ4v) is 11.4. The molecule has 0 aliphatic carbocycles. The van der Waals surface area contributed by atoms with Gasteiger partial charge in [0.15, 0.2) is 12.2 Å². The van der Waals surface area contributed by atoms with Gasteiger partial charge in [-0.3, -0.25) is 37.3 Å². The van der Waals surface area contributed by atoms with Gasteiger partial charge in [-0.2, -0.15) is 0 Å². The minimum absolute atomic E-state index is 0.000760. The van der Waals surface area contributed by atoms with E-state index in [1.54, 1.807) is 0 Å². The Labute approximate surface area is 629 Å². The smallest absolute Gasteiger partial charge is 0.462 e. The molecule has 0 heterocycles. The number of aliphatic hydroxyl groups excluding tert-OH is 1. The molecule has 0 rings (SSSR count). The van der Waals surface area contributed by atoms with Crippen molar-refractivity contribution in [1.82, 2.24) is 0 Å². The number of ether oxygens (including phenoxy) is 4. The van der Waals surface area contributed by atoms with E-state index in [0.717, 1.165) is 116 Å². The topological polar surface area (TPSA) is 237 Å². The van der Waals surface area contributed by atoms with Crippen molar-refractivity contribution in [2.24, 2.45) is 0 Å². The number of esters is 4. The third kappa shape index (κ3) is 74.9. The standard InChI is InChI=1S/C85H140O17P2/c1-5-9-13-17-21-25-29-33-36-39-42-46-50-54-58-62-66-70-83(88)96-76-81(102-85(90)72-68-64-60-56-52-48-44-41-38-35-31-27-23-19-15-11-7-3)78-100-104(93,94)98-74-79(86)73-97-103(91,92)99-77-80(75-95-82(87)69-65-61-57-53-49-45-32-28-24-20-16-12-8-4)101-84(89)71-67-63-59-55-51-47-43-40-37-34-30-26-22-18-14-10-6-2/h21-23,25-28,32-38,42-44,46-48,54-56,58-60,79-81,86H,5-20,24,29-31,39-41,45,49-53,57,61-78H2,1-4H3,(H,91,92)(H,93,94)/b25-21-,26-22-,27-23-,32-28-,36-33-,37-34-,38-35-,46-42-,47-43-,48-44-,58-54-,59-55-,60-56-/t79-,80-,81-/m1/s1. The number of allylic oxidation sites excluding steroid dienone is 26. The summed E-state index contributed by atoms with van der Waals surface area (Å²) < 4.78 is 68.4. The predicted octanol–water partition coefficient (Wildman–Crippen LogP) is 23.2. The molecule has 0 fully saturated rings. The summed E-state index contributed by atoms with van der Waals surface area (Å²) in [6.45, 7) is 4.56. The van der Waals surface area contributed by atoms with Crippen LogP contribution in [0.15, 0.2) is 158 Å². The summed E-state index contributed by atoms with van der Waals surface area (Å²) in [4.78, 5) is 72.9. The molecule has 0 bridgehead atoms. The van der Waals surface area contributed by atoms with Crippen molar-refractivity contribution in [3.05, 3.63) is 158 Å². The van der Waals surface area contributed by atoms with E-state index in [2.05, 4.69) is 149 Å². The maximum absolute atomic E-state index is 13.1. The SMILES string of the molecule is CCCCC/C=C\C/C=C\C/C=C\C/C=C\CCCC(=O)OC[C@H](COP(=O)(O)OC[C@H](O)COP(=O)(O)OC[C@@H](COC(=O)CCCCCCC/C=C\CCCCCC)OC(=O)CCC/C=C\C/C=C\C/C=C\C/C=C\CCCCC)OC(=O)CCC/C=C\C/C=C\C/C=C\C/C=C\CCCCC. The molecule has 0 amide bonds. The molecule has 0 aromatic carbocycles. The second-order valence-corrected chi connectivity index (χ2v) is 28.8. The minimum Gasteiger partial charge on any atom is -0.462 e. The van der Waals surface area contributed by atoms with Crippen molar-refractivity contribution >= 4 is 39.5 Å². The summed E-state index contributed by atoms with van der Waals surface area (Å²) in [6.07, 6.45) is 88.2.